The number of anilines is 1. The number of nitrogens with one attached hydrogen (secondary N) is 2. The molecular formula is C24H24N2O5. The van der Waals surface area contributed by atoms with Gasteiger partial charge in [-0.2, -0.15) is 0 Å². The Bertz CT molecular complexity index is 1010. The van der Waals surface area contributed by atoms with Crippen LogP contribution >= 0.6 is 0 Å². The van der Waals surface area contributed by atoms with Crippen LogP contribution in [0.2, 0.25) is 0 Å². The molecule has 0 spiro atoms. The first-order valence-corrected chi connectivity index (χ1v) is 9.77. The third-order valence-corrected chi connectivity index (χ3v) is 4.24. The van der Waals surface area contributed by atoms with Crippen LogP contribution in [0.4, 0.5) is 5.69 Å². The minimum Gasteiger partial charge on any atom is -0.497 e. The lowest BCUT2D eigenvalue weighted by Crippen LogP contribution is -2.29. The molecule has 160 valence electrons. The van der Waals surface area contributed by atoms with Crippen molar-refractivity contribution in [2.45, 2.75) is 0 Å². The Labute approximate surface area is 180 Å². The lowest BCUT2D eigenvalue weighted by Gasteiger charge is -2.12. The summed E-state index contributed by atoms with van der Waals surface area (Å²) in [6.07, 6.45) is 0. The molecule has 0 saturated heterocycles. The Balaban J connectivity index is 1.49. The number of methoxy groups -OCH3 is 1. The number of hydrogen-bond donors (Lipinski definition) is 2. The summed E-state index contributed by atoms with van der Waals surface area (Å²) in [5.74, 6) is 1.05. The van der Waals surface area contributed by atoms with Crippen molar-refractivity contribution in [2.75, 3.05) is 32.2 Å². The first-order chi connectivity index (χ1) is 15.2. The standard InChI is InChI=1S/C24H24N2O5/c1-29-20-11-7-8-18(16-20)26-23(27)17-31-22-13-6-5-12-21(22)24(28)25-14-15-30-19-9-3-2-4-10-19/h2-13,16H,14-15,17H2,1H3,(H,25,28)(H,26,27). The van der Waals surface area contributed by atoms with Gasteiger partial charge in [-0.05, 0) is 36.4 Å². The molecule has 7 heteroatoms. The zero-order valence-corrected chi connectivity index (χ0v) is 17.2. The van der Waals surface area contributed by atoms with Crippen molar-refractivity contribution >= 4 is 17.5 Å². The minimum atomic E-state index is -0.347. The third-order valence-electron chi connectivity index (χ3n) is 4.24. The van der Waals surface area contributed by atoms with Gasteiger partial charge in [-0.3, -0.25) is 9.59 Å². The normalized spacial score (nSPS) is 10.1. The van der Waals surface area contributed by atoms with Crippen LogP contribution in [-0.2, 0) is 4.79 Å². The van der Waals surface area contributed by atoms with E-state index >= 15 is 0 Å². The topological polar surface area (TPSA) is 85.9 Å². The molecule has 0 aliphatic carbocycles. The molecule has 7 nitrogen and oxygen atoms in total. The molecule has 2 N–H and O–H groups in total. The van der Waals surface area contributed by atoms with Gasteiger partial charge in [-0.1, -0.05) is 36.4 Å². The van der Waals surface area contributed by atoms with Crippen LogP contribution in [0.15, 0.2) is 78.9 Å². The second kappa shape index (κ2) is 11.3. The fourth-order valence-electron chi connectivity index (χ4n) is 2.77. The van der Waals surface area contributed by atoms with Crippen LogP contribution in [0.5, 0.6) is 17.2 Å². The van der Waals surface area contributed by atoms with E-state index in [1.54, 1.807) is 55.6 Å². The van der Waals surface area contributed by atoms with Gasteiger partial charge in [-0.15, -0.1) is 0 Å². The van der Waals surface area contributed by atoms with Crippen LogP contribution < -0.4 is 24.8 Å². The molecule has 31 heavy (non-hydrogen) atoms. The van der Waals surface area contributed by atoms with Crippen LogP contribution in [0.25, 0.3) is 0 Å². The molecule has 0 atom stereocenters. The average Bonchev–Trinajstić information content (AvgIpc) is 2.81. The summed E-state index contributed by atoms with van der Waals surface area (Å²) in [5, 5.41) is 5.52. The highest BCUT2D eigenvalue weighted by molar-refractivity contribution is 5.97. The number of rotatable bonds is 10. The van der Waals surface area contributed by atoms with Gasteiger partial charge in [-0.25, -0.2) is 0 Å². The summed E-state index contributed by atoms with van der Waals surface area (Å²) in [5.41, 5.74) is 0.939. The maximum Gasteiger partial charge on any atom is 0.262 e. The van der Waals surface area contributed by atoms with Crippen LogP contribution in [-0.4, -0.2) is 38.7 Å². The molecule has 0 unspecified atom stereocenters. The zero-order valence-electron chi connectivity index (χ0n) is 17.2. The van der Waals surface area contributed by atoms with E-state index in [4.69, 9.17) is 14.2 Å². The van der Waals surface area contributed by atoms with Crippen molar-refractivity contribution in [2.24, 2.45) is 0 Å². The van der Waals surface area contributed by atoms with Crippen molar-refractivity contribution in [1.82, 2.24) is 5.32 Å². The van der Waals surface area contributed by atoms with Gasteiger partial charge >= 0.3 is 0 Å². The number of para-hydroxylation sites is 2. The van der Waals surface area contributed by atoms with E-state index in [0.717, 1.165) is 5.75 Å². The van der Waals surface area contributed by atoms with E-state index in [9.17, 15) is 9.59 Å². The second-order valence-electron chi connectivity index (χ2n) is 6.48. The SMILES string of the molecule is COc1cccc(NC(=O)COc2ccccc2C(=O)NCCOc2ccccc2)c1. The van der Waals surface area contributed by atoms with Crippen molar-refractivity contribution in [3.8, 4) is 17.2 Å². The number of hydrogen-bond acceptors (Lipinski definition) is 5. The smallest absolute Gasteiger partial charge is 0.262 e. The summed E-state index contributed by atoms with van der Waals surface area (Å²) in [6.45, 7) is 0.429. The van der Waals surface area contributed by atoms with Crippen LogP contribution in [0.1, 0.15) is 10.4 Å². The number of ether oxygens (including phenoxy) is 3. The predicted molar refractivity (Wildman–Crippen MR) is 118 cm³/mol. The lowest BCUT2D eigenvalue weighted by molar-refractivity contribution is -0.118. The molecule has 3 aromatic rings. The number of amides is 2. The van der Waals surface area contributed by atoms with Gasteiger partial charge in [0.2, 0.25) is 0 Å². The molecule has 0 saturated carbocycles. The van der Waals surface area contributed by atoms with E-state index in [-0.39, 0.29) is 18.4 Å². The van der Waals surface area contributed by atoms with Crippen molar-refractivity contribution in [3.63, 3.8) is 0 Å². The number of carbonyl (C=O) groups excluding carboxylic acids is 2. The molecular weight excluding hydrogens is 396 g/mol. The molecule has 0 aliphatic rings. The van der Waals surface area contributed by atoms with Gasteiger partial charge in [0, 0.05) is 11.8 Å². The average molecular weight is 420 g/mol. The van der Waals surface area contributed by atoms with E-state index in [0.29, 0.717) is 35.9 Å². The number of benzene rings is 3. The Kier molecular flexibility index (Phi) is 7.88. The van der Waals surface area contributed by atoms with E-state index in [1.165, 1.54) is 0 Å². The summed E-state index contributed by atoms with van der Waals surface area (Å²) in [4.78, 5) is 24.7. The zero-order chi connectivity index (χ0) is 21.9. The fourth-order valence-corrected chi connectivity index (χ4v) is 2.77. The van der Waals surface area contributed by atoms with Gasteiger partial charge in [0.1, 0.15) is 23.9 Å². The highest BCUT2D eigenvalue weighted by Crippen LogP contribution is 2.19. The molecule has 3 aromatic carbocycles. The summed E-state index contributed by atoms with van der Waals surface area (Å²) < 4.78 is 16.3. The van der Waals surface area contributed by atoms with Crippen LogP contribution in [0, 0.1) is 0 Å². The van der Waals surface area contributed by atoms with Crippen molar-refractivity contribution < 1.29 is 23.8 Å². The molecule has 0 bridgehead atoms. The maximum atomic E-state index is 12.5. The first-order valence-electron chi connectivity index (χ1n) is 9.77. The van der Waals surface area contributed by atoms with Gasteiger partial charge < -0.3 is 24.8 Å². The summed E-state index contributed by atoms with van der Waals surface area (Å²) in [7, 11) is 1.56. The van der Waals surface area contributed by atoms with E-state index in [1.807, 2.05) is 30.3 Å². The van der Waals surface area contributed by atoms with Crippen molar-refractivity contribution in [1.29, 1.82) is 0 Å². The molecule has 0 aliphatic heterocycles. The summed E-state index contributed by atoms with van der Waals surface area (Å²) in [6, 6.07) is 23.1. The molecule has 0 fully saturated rings. The van der Waals surface area contributed by atoms with Gasteiger partial charge in [0.25, 0.3) is 11.8 Å². The molecule has 3 rings (SSSR count). The largest absolute Gasteiger partial charge is 0.497 e. The number of carbonyl (C=O) groups is 2. The third kappa shape index (κ3) is 6.78. The van der Waals surface area contributed by atoms with Gasteiger partial charge in [0.15, 0.2) is 6.61 Å². The van der Waals surface area contributed by atoms with E-state index < -0.39 is 0 Å². The quantitative estimate of drug-likeness (QED) is 0.490. The predicted octanol–water partition coefficient (Wildman–Crippen LogP) is 3.52. The summed E-state index contributed by atoms with van der Waals surface area (Å²) >= 11 is 0. The fraction of sp³-hybridized carbons (Fsp3) is 0.167. The van der Waals surface area contributed by atoms with Gasteiger partial charge in [0.05, 0.1) is 19.2 Å². The van der Waals surface area contributed by atoms with Crippen molar-refractivity contribution in [3.05, 3.63) is 84.4 Å². The van der Waals surface area contributed by atoms with E-state index in [2.05, 4.69) is 10.6 Å². The molecule has 2 amide bonds. The second-order valence-corrected chi connectivity index (χ2v) is 6.48. The lowest BCUT2D eigenvalue weighted by atomic mass is 10.2. The van der Waals surface area contributed by atoms with Crippen LogP contribution in [0.3, 0.4) is 0 Å². The maximum absolute atomic E-state index is 12.5. The highest BCUT2D eigenvalue weighted by Gasteiger charge is 2.13. The molecule has 0 aromatic heterocycles. The molecule has 0 heterocycles. The first kappa shape index (κ1) is 21.7. The highest BCUT2D eigenvalue weighted by atomic mass is 16.5. The Morgan fingerprint density at radius 1 is 0.839 bits per heavy atom. The minimum absolute atomic E-state index is 0.237. The monoisotopic (exact) mass is 420 g/mol. The Hall–Kier alpha value is -4.00. The Morgan fingerprint density at radius 2 is 1.58 bits per heavy atom. The molecule has 0 radical (unpaired) electrons. The Morgan fingerprint density at radius 3 is 2.39 bits per heavy atom.